The van der Waals surface area contributed by atoms with E-state index in [-0.39, 0.29) is 5.91 Å². The van der Waals surface area contributed by atoms with E-state index in [9.17, 15) is 4.79 Å². The molecule has 2 aromatic heterocycles. The van der Waals surface area contributed by atoms with E-state index in [0.717, 1.165) is 55.9 Å². The Labute approximate surface area is 153 Å². The number of thiophene rings is 1. The van der Waals surface area contributed by atoms with Crippen molar-refractivity contribution in [1.82, 2.24) is 20.1 Å². The second kappa shape index (κ2) is 8.10. The molecule has 0 atom stereocenters. The Morgan fingerprint density at radius 2 is 2.16 bits per heavy atom. The number of aromatic nitrogens is 3. The van der Waals surface area contributed by atoms with Gasteiger partial charge in [-0.2, -0.15) is 10.1 Å². The van der Waals surface area contributed by atoms with Crippen LogP contribution in [0.1, 0.15) is 65.0 Å². The topological polar surface area (TPSA) is 71.8 Å². The average Bonchev–Trinajstić information content (AvgIpc) is 3.20. The third kappa shape index (κ3) is 4.10. The van der Waals surface area contributed by atoms with Gasteiger partial charge in [-0.3, -0.25) is 10.1 Å². The average molecular weight is 362 g/mol. The molecule has 0 radical (unpaired) electrons. The summed E-state index contributed by atoms with van der Waals surface area (Å²) >= 11 is 1.60. The molecule has 1 saturated heterocycles. The Balaban J connectivity index is 1.73. The van der Waals surface area contributed by atoms with Crippen LogP contribution in [-0.2, 0) is 19.9 Å². The number of aryl methyl sites for hydroxylation is 3. The number of hydrogen-bond acceptors (Lipinski definition) is 5. The first-order valence-corrected chi connectivity index (χ1v) is 9.98. The Bertz CT molecular complexity index is 730. The van der Waals surface area contributed by atoms with Crippen LogP contribution in [0, 0.1) is 0 Å². The lowest BCUT2D eigenvalue weighted by atomic mass is 9.98. The molecular formula is C18H27N5OS. The SMILES string of the molecule is CCCc1sc(C(=O)Nc2nc(C3CCNCC3)nn2C)cc1CC. The highest BCUT2D eigenvalue weighted by molar-refractivity contribution is 7.14. The first-order chi connectivity index (χ1) is 12.1. The van der Waals surface area contributed by atoms with E-state index in [2.05, 4.69) is 34.6 Å². The van der Waals surface area contributed by atoms with Crippen LogP contribution in [0.25, 0.3) is 0 Å². The first-order valence-electron chi connectivity index (χ1n) is 9.16. The number of amides is 1. The molecule has 0 bridgehead atoms. The van der Waals surface area contributed by atoms with Gasteiger partial charge in [-0.05, 0) is 50.4 Å². The fourth-order valence-corrected chi connectivity index (χ4v) is 4.50. The van der Waals surface area contributed by atoms with Crippen LogP contribution in [0.15, 0.2) is 6.07 Å². The maximum Gasteiger partial charge on any atom is 0.268 e. The Hall–Kier alpha value is -1.73. The fourth-order valence-electron chi connectivity index (χ4n) is 3.25. The lowest BCUT2D eigenvalue weighted by molar-refractivity contribution is 0.102. The molecule has 0 saturated carbocycles. The monoisotopic (exact) mass is 361 g/mol. The highest BCUT2D eigenvalue weighted by atomic mass is 32.1. The summed E-state index contributed by atoms with van der Waals surface area (Å²) in [6.07, 6.45) is 5.18. The van der Waals surface area contributed by atoms with Gasteiger partial charge in [0.15, 0.2) is 5.82 Å². The molecule has 136 valence electrons. The van der Waals surface area contributed by atoms with E-state index in [1.807, 2.05) is 13.1 Å². The highest BCUT2D eigenvalue weighted by Crippen LogP contribution is 2.26. The number of carbonyl (C=O) groups is 1. The Morgan fingerprint density at radius 3 is 2.84 bits per heavy atom. The first kappa shape index (κ1) is 18.1. The van der Waals surface area contributed by atoms with Crippen LogP contribution in [0.3, 0.4) is 0 Å². The van der Waals surface area contributed by atoms with Crippen LogP contribution in [0.4, 0.5) is 5.95 Å². The number of piperidine rings is 1. The van der Waals surface area contributed by atoms with E-state index in [1.54, 1.807) is 16.0 Å². The van der Waals surface area contributed by atoms with Crippen molar-refractivity contribution in [2.45, 2.75) is 51.9 Å². The number of rotatable bonds is 6. The summed E-state index contributed by atoms with van der Waals surface area (Å²) in [4.78, 5) is 19.3. The van der Waals surface area contributed by atoms with Crippen molar-refractivity contribution in [3.8, 4) is 0 Å². The standard InChI is InChI=1S/C18H27N5OS/c1-4-6-14-12(5-2)11-15(25-14)17(24)21-18-20-16(22-23(18)3)13-7-9-19-10-8-13/h11,13,19H,4-10H2,1-3H3,(H,20,21,22,24). The quantitative estimate of drug-likeness (QED) is 0.829. The molecule has 1 amide bonds. The zero-order chi connectivity index (χ0) is 17.8. The molecule has 0 unspecified atom stereocenters. The van der Waals surface area contributed by atoms with E-state index in [4.69, 9.17) is 0 Å². The number of nitrogens with one attached hydrogen (secondary N) is 2. The van der Waals surface area contributed by atoms with Gasteiger partial charge in [0.2, 0.25) is 5.95 Å². The van der Waals surface area contributed by atoms with E-state index >= 15 is 0 Å². The lowest BCUT2D eigenvalue weighted by Crippen LogP contribution is -2.27. The van der Waals surface area contributed by atoms with Gasteiger partial charge in [0.05, 0.1) is 4.88 Å². The normalized spacial score (nSPS) is 15.5. The van der Waals surface area contributed by atoms with Crippen molar-refractivity contribution < 1.29 is 4.79 Å². The van der Waals surface area contributed by atoms with Crippen LogP contribution >= 0.6 is 11.3 Å². The summed E-state index contributed by atoms with van der Waals surface area (Å²) in [6.45, 7) is 6.30. The second-order valence-electron chi connectivity index (χ2n) is 6.56. The van der Waals surface area contributed by atoms with Crippen molar-refractivity contribution in [1.29, 1.82) is 0 Å². The predicted molar refractivity (Wildman–Crippen MR) is 101 cm³/mol. The van der Waals surface area contributed by atoms with E-state index < -0.39 is 0 Å². The molecule has 3 heterocycles. The predicted octanol–water partition coefficient (Wildman–Crippen LogP) is 3.11. The van der Waals surface area contributed by atoms with Gasteiger partial charge in [0, 0.05) is 17.8 Å². The van der Waals surface area contributed by atoms with Gasteiger partial charge in [0.1, 0.15) is 0 Å². The molecule has 25 heavy (non-hydrogen) atoms. The molecule has 2 aromatic rings. The largest absolute Gasteiger partial charge is 0.317 e. The zero-order valence-corrected chi connectivity index (χ0v) is 16.1. The maximum absolute atomic E-state index is 12.6. The molecule has 1 aliphatic rings. The maximum atomic E-state index is 12.6. The molecular weight excluding hydrogens is 334 g/mol. The van der Waals surface area contributed by atoms with Crippen molar-refractivity contribution >= 4 is 23.2 Å². The molecule has 0 spiro atoms. The summed E-state index contributed by atoms with van der Waals surface area (Å²) in [5.41, 5.74) is 1.28. The molecule has 6 nitrogen and oxygen atoms in total. The smallest absolute Gasteiger partial charge is 0.268 e. The summed E-state index contributed by atoms with van der Waals surface area (Å²) in [5, 5.41) is 10.8. The van der Waals surface area contributed by atoms with Crippen molar-refractivity contribution in [3.63, 3.8) is 0 Å². The van der Waals surface area contributed by atoms with Gasteiger partial charge >= 0.3 is 0 Å². The minimum atomic E-state index is -0.0885. The van der Waals surface area contributed by atoms with Crippen LogP contribution in [0.5, 0.6) is 0 Å². The Kier molecular flexibility index (Phi) is 5.86. The number of anilines is 1. The van der Waals surface area contributed by atoms with Gasteiger partial charge < -0.3 is 5.32 Å². The highest BCUT2D eigenvalue weighted by Gasteiger charge is 2.22. The lowest BCUT2D eigenvalue weighted by Gasteiger charge is -2.19. The number of hydrogen-bond donors (Lipinski definition) is 2. The number of carbonyl (C=O) groups excluding carboxylic acids is 1. The molecule has 2 N–H and O–H groups in total. The van der Waals surface area contributed by atoms with Gasteiger partial charge in [-0.25, -0.2) is 4.68 Å². The van der Waals surface area contributed by atoms with Crippen LogP contribution in [0.2, 0.25) is 0 Å². The molecule has 1 aliphatic heterocycles. The van der Waals surface area contributed by atoms with E-state index in [0.29, 0.717) is 11.9 Å². The minimum absolute atomic E-state index is 0.0885. The van der Waals surface area contributed by atoms with Gasteiger partial charge in [-0.1, -0.05) is 20.3 Å². The summed E-state index contributed by atoms with van der Waals surface area (Å²) in [5.74, 6) is 1.66. The molecule has 3 rings (SSSR count). The summed E-state index contributed by atoms with van der Waals surface area (Å²) in [6, 6.07) is 2.02. The van der Waals surface area contributed by atoms with Crippen molar-refractivity contribution in [2.24, 2.45) is 7.05 Å². The van der Waals surface area contributed by atoms with Crippen LogP contribution < -0.4 is 10.6 Å². The third-order valence-electron chi connectivity index (χ3n) is 4.69. The molecule has 0 aliphatic carbocycles. The Morgan fingerprint density at radius 1 is 1.40 bits per heavy atom. The zero-order valence-electron chi connectivity index (χ0n) is 15.3. The molecule has 0 aromatic carbocycles. The molecule has 1 fully saturated rings. The van der Waals surface area contributed by atoms with Gasteiger partial charge in [-0.15, -0.1) is 11.3 Å². The van der Waals surface area contributed by atoms with Crippen molar-refractivity contribution in [3.05, 3.63) is 27.2 Å². The summed E-state index contributed by atoms with van der Waals surface area (Å²) < 4.78 is 1.68. The van der Waals surface area contributed by atoms with Gasteiger partial charge in [0.25, 0.3) is 5.91 Å². The van der Waals surface area contributed by atoms with Crippen molar-refractivity contribution in [2.75, 3.05) is 18.4 Å². The summed E-state index contributed by atoms with van der Waals surface area (Å²) in [7, 11) is 1.83. The van der Waals surface area contributed by atoms with Crippen LogP contribution in [-0.4, -0.2) is 33.8 Å². The molecule has 7 heteroatoms. The second-order valence-corrected chi connectivity index (χ2v) is 7.69. The fraction of sp³-hybridized carbons (Fsp3) is 0.611. The minimum Gasteiger partial charge on any atom is -0.317 e. The number of nitrogens with zero attached hydrogens (tertiary/aromatic N) is 3. The van der Waals surface area contributed by atoms with E-state index in [1.165, 1.54) is 10.4 Å². The third-order valence-corrected chi connectivity index (χ3v) is 5.92.